The quantitative estimate of drug-likeness (QED) is 0.0474. The minimum atomic E-state index is -1.02. The van der Waals surface area contributed by atoms with Crippen LogP contribution in [0.2, 0.25) is 0 Å². The zero-order valence-electron chi connectivity index (χ0n) is 49.9. The van der Waals surface area contributed by atoms with Gasteiger partial charge in [0.1, 0.15) is 52.0 Å². The van der Waals surface area contributed by atoms with Crippen LogP contribution < -0.4 is 25.4 Å². The Hall–Kier alpha value is -9.96. The van der Waals surface area contributed by atoms with Gasteiger partial charge >= 0.3 is 29.8 Å². The average Bonchev–Trinajstić information content (AvgIpc) is 3.02. The fourth-order valence-corrected chi connectivity index (χ4v) is 9.14. The van der Waals surface area contributed by atoms with Gasteiger partial charge < -0.3 is 55.1 Å². The number of likely N-dealkylation sites (tertiary alicyclic amines) is 1. The van der Waals surface area contributed by atoms with Gasteiger partial charge in [-0.3, -0.25) is 14.5 Å². The Balaban J connectivity index is 0.000000258. The summed E-state index contributed by atoms with van der Waals surface area (Å²) in [6, 6.07) is 24.4. The summed E-state index contributed by atoms with van der Waals surface area (Å²) in [5, 5.41) is 65.0. The summed E-state index contributed by atoms with van der Waals surface area (Å²) >= 11 is 1.99. The molecule has 3 aliphatic heterocycles. The molecule has 1 amide bonds. The number of amides is 1. The number of anilines is 2. The first-order valence-corrected chi connectivity index (χ1v) is 28.3. The van der Waals surface area contributed by atoms with E-state index in [2.05, 4.69) is 78.9 Å². The molecule has 0 radical (unpaired) electrons. The molecule has 4 aromatic heterocycles. The van der Waals surface area contributed by atoms with Crippen LogP contribution in [-0.2, 0) is 14.3 Å². The van der Waals surface area contributed by atoms with Gasteiger partial charge in [0.25, 0.3) is 5.91 Å². The van der Waals surface area contributed by atoms with E-state index in [0.29, 0.717) is 70.5 Å². The van der Waals surface area contributed by atoms with Gasteiger partial charge in [-0.25, -0.2) is 34.1 Å². The summed E-state index contributed by atoms with van der Waals surface area (Å²) < 4.78 is 21.0. The summed E-state index contributed by atoms with van der Waals surface area (Å²) in [5.41, 5.74) is 2.52. The maximum Gasteiger partial charge on any atom is 0.345 e. The number of piperidine rings is 2. The number of aliphatic carboxylic acids is 1. The largest absolute Gasteiger partial charge is 0.496 e. The van der Waals surface area contributed by atoms with E-state index in [0.717, 1.165) is 35.8 Å². The van der Waals surface area contributed by atoms with E-state index in [9.17, 15) is 28.8 Å². The summed E-state index contributed by atoms with van der Waals surface area (Å²) in [6.45, 7) is 6.10. The Kier molecular flexibility index (Phi) is 30.4. The summed E-state index contributed by atoms with van der Waals surface area (Å²) in [5.74, 6) is -2.10. The number of hydrogen-bond acceptors (Lipinski definition) is 25. The molecular weight excluding hydrogens is 1280 g/mol. The zero-order valence-corrected chi connectivity index (χ0v) is 52.1. The minimum Gasteiger partial charge on any atom is -0.496 e. The molecule has 0 spiro atoms. The first kappa shape index (κ1) is 72.5. The number of likely N-dealkylation sites (N-methyl/N-ethyl adjacent to an activating group) is 1. The van der Waals surface area contributed by atoms with E-state index >= 15 is 0 Å². The van der Waals surface area contributed by atoms with Gasteiger partial charge in [0.15, 0.2) is 19.3 Å². The summed E-state index contributed by atoms with van der Waals surface area (Å²) in [4.78, 5) is 86.9. The summed E-state index contributed by atoms with van der Waals surface area (Å²) in [7, 11) is 9.10. The third kappa shape index (κ3) is 22.0. The number of aliphatic imine (C=N–C) groups is 1. The van der Waals surface area contributed by atoms with Crippen LogP contribution in [0, 0.1) is 3.57 Å². The second-order valence-electron chi connectivity index (χ2n) is 19.3. The van der Waals surface area contributed by atoms with Gasteiger partial charge in [-0.1, -0.05) is 43.8 Å². The molecule has 6 N–H and O–H groups in total. The number of nitrogens with zero attached hydrogens (tertiary/aromatic N) is 15. The average molecular weight is 1360 g/mol. The highest BCUT2D eigenvalue weighted by molar-refractivity contribution is 14.1. The maximum atomic E-state index is 13.5. The lowest BCUT2D eigenvalue weighted by Crippen LogP contribution is -2.50. The number of carboxylic acids is 3. The third-order valence-electron chi connectivity index (χ3n) is 12.8. The lowest BCUT2D eigenvalue weighted by atomic mass is 9.97. The van der Waals surface area contributed by atoms with Crippen molar-refractivity contribution in [2.75, 3.05) is 79.5 Å². The zero-order chi connectivity index (χ0) is 64.8. The normalized spacial score (nSPS) is 15.8. The molecule has 0 aliphatic carbocycles. The molecule has 4 atom stereocenters. The second-order valence-corrected chi connectivity index (χ2v) is 20.5. The van der Waals surface area contributed by atoms with E-state index in [4.69, 9.17) is 34.3 Å². The van der Waals surface area contributed by atoms with Crippen molar-refractivity contribution in [1.29, 1.82) is 0 Å². The van der Waals surface area contributed by atoms with Crippen molar-refractivity contribution >= 4 is 76.3 Å². The number of rotatable bonds is 15. The van der Waals surface area contributed by atoms with Crippen LogP contribution >= 0.6 is 22.6 Å². The topological polar surface area (TPSA) is 393 Å². The van der Waals surface area contributed by atoms with Crippen molar-refractivity contribution in [1.82, 2.24) is 65.5 Å². The van der Waals surface area contributed by atoms with Crippen molar-refractivity contribution in [3.63, 3.8) is 0 Å². The Bertz CT molecular complexity index is 3470. The monoisotopic (exact) mass is 1360 g/mol. The molecule has 90 heavy (non-hydrogen) atoms. The highest BCUT2D eigenvalue weighted by Gasteiger charge is 2.33. The second kappa shape index (κ2) is 37.7. The molecule has 7 heterocycles. The maximum absolute atomic E-state index is 13.5. The van der Waals surface area contributed by atoms with Crippen LogP contribution in [0.15, 0.2) is 125 Å². The number of benzene rings is 3. The Labute approximate surface area is 532 Å². The highest BCUT2D eigenvalue weighted by atomic mass is 127. The van der Waals surface area contributed by atoms with E-state index in [1.165, 1.54) is 63.1 Å². The smallest absolute Gasteiger partial charge is 0.345 e. The molecule has 2 saturated heterocycles. The van der Waals surface area contributed by atoms with Crippen molar-refractivity contribution in [2.24, 2.45) is 15.2 Å². The first-order chi connectivity index (χ1) is 42.8. The number of carbonyl (C=O) groups excluding carboxylic acids is 3. The van der Waals surface area contributed by atoms with Gasteiger partial charge in [0, 0.05) is 53.2 Å². The minimum absolute atomic E-state index is 0. The van der Waals surface area contributed by atoms with E-state index in [1.54, 1.807) is 98.1 Å². The number of ether oxygens (including phenoxy) is 4. The van der Waals surface area contributed by atoms with E-state index in [1.807, 2.05) is 46.5 Å². The molecule has 480 valence electrons. The van der Waals surface area contributed by atoms with Crippen molar-refractivity contribution in [2.45, 2.75) is 71.1 Å². The number of halogens is 1. The van der Waals surface area contributed by atoms with Gasteiger partial charge in [0.2, 0.25) is 0 Å². The number of aromatic nitrogens is 10. The number of tetrazole rings is 2. The number of methoxy groups -OCH3 is 4. The third-order valence-corrected chi connectivity index (χ3v) is 13.8. The number of nitrogens with one attached hydrogen (secondary N) is 3. The molecule has 0 unspecified atom stereocenters. The molecule has 2 fully saturated rings. The fourth-order valence-electron chi connectivity index (χ4n) is 8.52. The molecule has 10 rings (SSSR count). The lowest BCUT2D eigenvalue weighted by molar-refractivity contribution is -0.137. The van der Waals surface area contributed by atoms with Crippen molar-refractivity contribution in [3.05, 3.63) is 141 Å². The molecule has 3 aromatic carbocycles. The molecule has 32 heteroatoms. The van der Waals surface area contributed by atoms with Crippen LogP contribution in [0.5, 0.6) is 11.5 Å². The van der Waals surface area contributed by atoms with Crippen molar-refractivity contribution < 1.29 is 63.0 Å². The predicted octanol–water partition coefficient (Wildman–Crippen LogP) is 6.44. The molecule has 0 bridgehead atoms. The van der Waals surface area contributed by atoms with E-state index < -0.39 is 29.8 Å². The Morgan fingerprint density at radius 3 is 1.57 bits per heavy atom. The fraction of sp³-hybridized carbons (Fsp3) is 0.362. The highest BCUT2D eigenvalue weighted by Crippen LogP contribution is 2.30. The van der Waals surface area contributed by atoms with Gasteiger partial charge in [-0.2, -0.15) is 5.11 Å². The van der Waals surface area contributed by atoms with Crippen LogP contribution in [-0.4, -0.2) is 211 Å². The molecule has 31 nitrogen and oxygen atoms in total. The van der Waals surface area contributed by atoms with Crippen LogP contribution in [0.25, 0.3) is 11.4 Å². The van der Waals surface area contributed by atoms with Gasteiger partial charge in [-0.15, -0.1) is 35.1 Å². The number of hydrogen-bond donors (Lipinski definition) is 6. The molecule has 0 saturated carbocycles. The lowest BCUT2D eigenvalue weighted by Gasteiger charge is -2.39. The van der Waals surface area contributed by atoms with Gasteiger partial charge in [-0.05, 0) is 135 Å². The number of para-hydroxylation sites is 2. The standard InChI is InChI=1S/C22H25N7O4.C14H21N3O3.C8H6N4O2.C7H5IO2.C4H9NO2.C2H3N3.CH4/c1-14-8-9-15(26-20-19(22(31)33-3)18(32-2)10-11-23-20)12-28(14)21(30)16-6-4-5-7-17(16)29-25-13-24-27-29;1-9-4-5-10(8-16-9)17-13-12(14(18)20-3)11(19-2)6-7-15-13;13-8(14)6-3-1-2-4-7(6)12-10-5-9-11-12;8-6-4-2-1-3-5(6)7(9)10;1-5(2)3-4(6)7;1-3-2-5-4-1;/h4-7,10-11,13-15H,8-9,12H2,1-3H3,(H,23,26);6-7,9-10,16H,4-5,8H2,1-3H3,(H,15,17);1-5H,(H,13,14);1-4H,(H,9,10);3H2,1-2H3,(H,6,7);1H,2H2;1H4/t14-,15-;9-,10-;;;;;/m11...../s1. The van der Waals surface area contributed by atoms with Crippen LogP contribution in [0.3, 0.4) is 0 Å². The van der Waals surface area contributed by atoms with Gasteiger partial charge in [0.05, 0.1) is 51.7 Å². The molecule has 3 aliphatic rings. The number of carboxylic acid groups (broad SMARTS) is 3. The number of carbonyl (C=O) groups is 6. The number of azo groups is 1. The number of pyridine rings is 2. The van der Waals surface area contributed by atoms with E-state index in [-0.39, 0.29) is 49.1 Å². The molecular formula is C58H73IN18O13. The number of aromatic carboxylic acids is 2. The Morgan fingerprint density at radius 2 is 1.17 bits per heavy atom. The SMILES string of the molecule is C.C1=NCN=N1.CN(C)CC(=O)O.COC(=O)c1c(OC)ccnc1N[C@@H]1CC[C@@H](C)N(C(=O)c2ccccc2-n2ncnn2)C1.COC(=O)c1c(OC)ccnc1N[C@@H]1CC[C@@H](C)NC1.O=C(O)c1ccccc1-n1ncnn1.O=C(O)c1ccccc1I. The molecule has 7 aromatic rings. The van der Waals surface area contributed by atoms with Crippen LogP contribution in [0.1, 0.15) is 98.7 Å². The van der Waals surface area contributed by atoms with Crippen LogP contribution in [0.4, 0.5) is 11.6 Å². The van der Waals surface area contributed by atoms with Crippen molar-refractivity contribution in [3.8, 4) is 22.9 Å². The summed E-state index contributed by atoms with van der Waals surface area (Å²) in [6.07, 6.45) is 10.9. The first-order valence-electron chi connectivity index (χ1n) is 27.2. The number of esters is 2. The Morgan fingerprint density at radius 1 is 0.667 bits per heavy atom. The predicted molar refractivity (Wildman–Crippen MR) is 338 cm³/mol.